The SMILES string of the molecule is CNC(c1ccncc1Cl)C(C)(C)C. The number of rotatable bonds is 2. The summed E-state index contributed by atoms with van der Waals surface area (Å²) in [6.45, 7) is 6.56. The highest BCUT2D eigenvalue weighted by Gasteiger charge is 2.26. The largest absolute Gasteiger partial charge is 0.313 e. The van der Waals surface area contributed by atoms with Crippen LogP contribution in [0.3, 0.4) is 0 Å². The number of nitrogens with zero attached hydrogens (tertiary/aromatic N) is 1. The first kappa shape index (κ1) is 11.5. The molecule has 0 spiro atoms. The highest BCUT2D eigenvalue weighted by Crippen LogP contribution is 2.35. The highest BCUT2D eigenvalue weighted by atomic mass is 35.5. The van der Waals surface area contributed by atoms with Crippen molar-refractivity contribution >= 4 is 11.6 Å². The third-order valence-electron chi connectivity index (χ3n) is 2.27. The van der Waals surface area contributed by atoms with Gasteiger partial charge >= 0.3 is 0 Å². The topological polar surface area (TPSA) is 24.9 Å². The zero-order valence-electron chi connectivity index (χ0n) is 9.13. The lowest BCUT2D eigenvalue weighted by Gasteiger charge is -2.31. The van der Waals surface area contributed by atoms with Crippen LogP contribution in [0.5, 0.6) is 0 Å². The molecule has 0 aromatic carbocycles. The minimum Gasteiger partial charge on any atom is -0.313 e. The average Bonchev–Trinajstić information content (AvgIpc) is 2.07. The monoisotopic (exact) mass is 212 g/mol. The van der Waals surface area contributed by atoms with Crippen molar-refractivity contribution in [2.75, 3.05) is 7.05 Å². The van der Waals surface area contributed by atoms with Gasteiger partial charge in [0.05, 0.1) is 5.02 Å². The maximum atomic E-state index is 6.10. The van der Waals surface area contributed by atoms with Crippen LogP contribution >= 0.6 is 11.6 Å². The second kappa shape index (κ2) is 4.28. The van der Waals surface area contributed by atoms with Crippen molar-refractivity contribution in [2.45, 2.75) is 26.8 Å². The number of halogens is 1. The normalized spacial score (nSPS) is 14.1. The summed E-state index contributed by atoms with van der Waals surface area (Å²) in [4.78, 5) is 3.98. The predicted molar refractivity (Wildman–Crippen MR) is 60.5 cm³/mol. The van der Waals surface area contributed by atoms with E-state index < -0.39 is 0 Å². The van der Waals surface area contributed by atoms with E-state index in [4.69, 9.17) is 11.6 Å². The van der Waals surface area contributed by atoms with Crippen LogP contribution in [0, 0.1) is 5.41 Å². The molecule has 0 aliphatic rings. The minimum absolute atomic E-state index is 0.139. The van der Waals surface area contributed by atoms with Crippen LogP contribution < -0.4 is 5.32 Å². The van der Waals surface area contributed by atoms with Gasteiger partial charge in [0.25, 0.3) is 0 Å². The van der Waals surface area contributed by atoms with E-state index in [1.807, 2.05) is 13.1 Å². The molecule has 1 aromatic rings. The molecule has 14 heavy (non-hydrogen) atoms. The zero-order valence-corrected chi connectivity index (χ0v) is 9.89. The van der Waals surface area contributed by atoms with E-state index in [1.165, 1.54) is 0 Å². The second-order valence-corrected chi connectivity index (χ2v) is 4.89. The molecule has 78 valence electrons. The molecule has 2 nitrogen and oxygen atoms in total. The Labute approximate surface area is 90.7 Å². The summed E-state index contributed by atoms with van der Waals surface area (Å²) in [6.07, 6.45) is 3.46. The van der Waals surface area contributed by atoms with Gasteiger partial charge in [-0.2, -0.15) is 0 Å². The maximum Gasteiger partial charge on any atom is 0.0637 e. The lowest BCUT2D eigenvalue weighted by atomic mass is 9.83. The fraction of sp³-hybridized carbons (Fsp3) is 0.545. The molecule has 0 bridgehead atoms. The standard InChI is InChI=1S/C11H17ClN2/c1-11(2,3)10(13-4)8-5-6-14-7-9(8)12/h5-7,10,13H,1-4H3. The summed E-state index contributed by atoms with van der Waals surface area (Å²) in [6, 6.07) is 2.22. The van der Waals surface area contributed by atoms with Crippen molar-refractivity contribution in [1.82, 2.24) is 10.3 Å². The predicted octanol–water partition coefficient (Wildman–Crippen LogP) is 3.04. The lowest BCUT2D eigenvalue weighted by Crippen LogP contribution is -2.29. The van der Waals surface area contributed by atoms with Crippen molar-refractivity contribution in [3.05, 3.63) is 29.0 Å². The van der Waals surface area contributed by atoms with Crippen LogP contribution in [0.25, 0.3) is 0 Å². The van der Waals surface area contributed by atoms with E-state index in [0.717, 1.165) is 10.6 Å². The molecular formula is C11H17ClN2. The summed E-state index contributed by atoms with van der Waals surface area (Å²) in [5, 5.41) is 4.01. The van der Waals surface area contributed by atoms with Gasteiger partial charge in [-0.3, -0.25) is 4.98 Å². The van der Waals surface area contributed by atoms with Gasteiger partial charge in [0.2, 0.25) is 0 Å². The van der Waals surface area contributed by atoms with Gasteiger partial charge in [0, 0.05) is 18.4 Å². The average molecular weight is 213 g/mol. The fourth-order valence-corrected chi connectivity index (χ4v) is 1.90. The Balaban J connectivity index is 3.08. The van der Waals surface area contributed by atoms with Crippen molar-refractivity contribution in [3.63, 3.8) is 0 Å². The summed E-state index contributed by atoms with van der Waals surface area (Å²) >= 11 is 6.10. The number of nitrogens with one attached hydrogen (secondary N) is 1. The Kier molecular flexibility index (Phi) is 3.51. The van der Waals surface area contributed by atoms with E-state index in [2.05, 4.69) is 31.1 Å². The number of hydrogen-bond acceptors (Lipinski definition) is 2. The summed E-state index contributed by atoms with van der Waals surface area (Å²) in [5.41, 5.74) is 1.25. The van der Waals surface area contributed by atoms with Gasteiger partial charge in [-0.15, -0.1) is 0 Å². The van der Waals surface area contributed by atoms with Gasteiger partial charge in [-0.25, -0.2) is 0 Å². The minimum atomic E-state index is 0.139. The Hall–Kier alpha value is -0.600. The van der Waals surface area contributed by atoms with Crippen LogP contribution in [0.15, 0.2) is 18.5 Å². The van der Waals surface area contributed by atoms with Crippen molar-refractivity contribution in [2.24, 2.45) is 5.41 Å². The van der Waals surface area contributed by atoms with Gasteiger partial charge in [0.1, 0.15) is 0 Å². The molecule has 1 rings (SSSR count). The molecule has 0 radical (unpaired) electrons. The van der Waals surface area contributed by atoms with Crippen LogP contribution in [0.4, 0.5) is 0 Å². The van der Waals surface area contributed by atoms with E-state index in [0.29, 0.717) is 0 Å². The third-order valence-corrected chi connectivity index (χ3v) is 2.59. The van der Waals surface area contributed by atoms with E-state index in [9.17, 15) is 0 Å². The van der Waals surface area contributed by atoms with Crippen LogP contribution in [-0.2, 0) is 0 Å². The molecule has 1 heterocycles. The molecule has 0 amide bonds. The number of aromatic nitrogens is 1. The van der Waals surface area contributed by atoms with Crippen molar-refractivity contribution in [3.8, 4) is 0 Å². The first-order valence-electron chi connectivity index (χ1n) is 4.73. The number of hydrogen-bond donors (Lipinski definition) is 1. The van der Waals surface area contributed by atoms with E-state index >= 15 is 0 Å². The summed E-state index contributed by atoms with van der Waals surface area (Å²) < 4.78 is 0. The van der Waals surface area contributed by atoms with Crippen LogP contribution in [-0.4, -0.2) is 12.0 Å². The molecule has 0 saturated carbocycles. The van der Waals surface area contributed by atoms with Gasteiger partial charge in [-0.1, -0.05) is 32.4 Å². The molecule has 0 aliphatic carbocycles. The van der Waals surface area contributed by atoms with Crippen LogP contribution in [0.1, 0.15) is 32.4 Å². The molecule has 0 fully saturated rings. The summed E-state index contributed by atoms with van der Waals surface area (Å²) in [7, 11) is 1.95. The zero-order chi connectivity index (χ0) is 10.8. The molecule has 1 unspecified atom stereocenters. The van der Waals surface area contributed by atoms with Gasteiger partial charge in [-0.05, 0) is 24.1 Å². The lowest BCUT2D eigenvalue weighted by molar-refractivity contribution is 0.287. The Morgan fingerprint density at radius 2 is 2.07 bits per heavy atom. The first-order chi connectivity index (χ1) is 6.46. The Morgan fingerprint density at radius 3 is 2.50 bits per heavy atom. The molecule has 3 heteroatoms. The molecule has 1 atom stereocenters. The summed E-state index contributed by atoms with van der Waals surface area (Å²) in [5.74, 6) is 0. The maximum absolute atomic E-state index is 6.10. The molecule has 1 aromatic heterocycles. The molecular weight excluding hydrogens is 196 g/mol. The molecule has 0 aliphatic heterocycles. The van der Waals surface area contributed by atoms with Crippen molar-refractivity contribution in [1.29, 1.82) is 0 Å². The third kappa shape index (κ3) is 2.46. The smallest absolute Gasteiger partial charge is 0.0637 e. The van der Waals surface area contributed by atoms with Gasteiger partial charge in [0.15, 0.2) is 0 Å². The van der Waals surface area contributed by atoms with Crippen molar-refractivity contribution < 1.29 is 0 Å². The quantitative estimate of drug-likeness (QED) is 0.815. The first-order valence-corrected chi connectivity index (χ1v) is 5.11. The second-order valence-electron chi connectivity index (χ2n) is 4.48. The van der Waals surface area contributed by atoms with E-state index in [1.54, 1.807) is 12.4 Å². The highest BCUT2D eigenvalue weighted by molar-refractivity contribution is 6.31. The fourth-order valence-electron chi connectivity index (χ4n) is 1.68. The Bertz CT molecular complexity index is 304. The number of pyridine rings is 1. The van der Waals surface area contributed by atoms with Crippen LogP contribution in [0.2, 0.25) is 5.02 Å². The van der Waals surface area contributed by atoms with E-state index in [-0.39, 0.29) is 11.5 Å². The van der Waals surface area contributed by atoms with Gasteiger partial charge < -0.3 is 5.32 Å². The molecule has 0 saturated heterocycles. The molecule has 1 N–H and O–H groups in total. The Morgan fingerprint density at radius 1 is 1.43 bits per heavy atom.